The highest BCUT2D eigenvalue weighted by molar-refractivity contribution is 6.33. The summed E-state index contributed by atoms with van der Waals surface area (Å²) in [5, 5.41) is 0.347. The number of hydrogen-bond acceptors (Lipinski definition) is 3. The van der Waals surface area contributed by atoms with E-state index in [2.05, 4.69) is 60.7 Å². The van der Waals surface area contributed by atoms with Crippen molar-refractivity contribution in [1.82, 2.24) is 4.57 Å². The van der Waals surface area contributed by atoms with Gasteiger partial charge < -0.3 is 9.30 Å². The van der Waals surface area contributed by atoms with Crippen molar-refractivity contribution in [3.05, 3.63) is 81.6 Å². The molecule has 0 aliphatic heterocycles. The number of carbonyl (C=O) groups is 1. The highest BCUT2D eigenvalue weighted by Crippen LogP contribution is 2.25. The summed E-state index contributed by atoms with van der Waals surface area (Å²) in [6.45, 7) is 6.34. The lowest BCUT2D eigenvalue weighted by atomic mass is 10.1. The van der Waals surface area contributed by atoms with Gasteiger partial charge in [-0.15, -0.1) is 0 Å². The number of rotatable bonds is 5. The Kier molecular flexibility index (Phi) is 6.00. The van der Waals surface area contributed by atoms with Gasteiger partial charge in [-0.25, -0.2) is 4.79 Å². The van der Waals surface area contributed by atoms with Gasteiger partial charge in [0.15, 0.2) is 0 Å². The fourth-order valence-electron chi connectivity index (χ4n) is 3.32. The Morgan fingerprint density at radius 3 is 2.64 bits per heavy atom. The fraction of sp³-hybridized carbons (Fsp3) is 0.217. The zero-order valence-electron chi connectivity index (χ0n) is 16.5. The maximum atomic E-state index is 11.8. The molecule has 1 aromatic heterocycles. The second kappa shape index (κ2) is 8.44. The van der Waals surface area contributed by atoms with Crippen LogP contribution >= 0.6 is 11.6 Å². The summed E-state index contributed by atoms with van der Waals surface area (Å²) in [6, 6.07) is 15.6. The minimum absolute atomic E-state index is 0.307. The number of aliphatic imine (C=N–C) groups is 1. The van der Waals surface area contributed by atoms with Crippen molar-refractivity contribution in [2.75, 3.05) is 7.11 Å². The first-order valence-electron chi connectivity index (χ1n) is 9.15. The molecule has 0 saturated heterocycles. The van der Waals surface area contributed by atoms with Gasteiger partial charge in [-0.05, 0) is 56.2 Å². The van der Waals surface area contributed by atoms with Crippen molar-refractivity contribution in [2.45, 2.75) is 27.2 Å². The predicted octanol–water partition coefficient (Wildman–Crippen LogP) is 5.85. The molecule has 3 aromatic rings. The van der Waals surface area contributed by atoms with Crippen LogP contribution in [0.3, 0.4) is 0 Å². The second-order valence-corrected chi connectivity index (χ2v) is 6.97. The number of halogens is 1. The Bertz CT molecular complexity index is 1050. The van der Waals surface area contributed by atoms with Gasteiger partial charge in [0.1, 0.15) is 0 Å². The van der Waals surface area contributed by atoms with Gasteiger partial charge in [0, 0.05) is 28.9 Å². The van der Waals surface area contributed by atoms with Crippen molar-refractivity contribution < 1.29 is 9.53 Å². The molecule has 0 amide bonds. The van der Waals surface area contributed by atoms with Gasteiger partial charge in [0.05, 0.1) is 23.4 Å². The average molecular weight is 395 g/mol. The van der Waals surface area contributed by atoms with E-state index in [1.807, 2.05) is 6.21 Å². The quantitative estimate of drug-likeness (QED) is 0.402. The highest BCUT2D eigenvalue weighted by Gasteiger charge is 2.13. The molecule has 0 unspecified atom stereocenters. The van der Waals surface area contributed by atoms with Gasteiger partial charge in [-0.2, -0.15) is 0 Å². The SMILES string of the molecule is CCc1ccccc1-n1c(C)cc(C=Nc2ccc(Cl)c(C(=O)OC)c2)c1C. The molecule has 0 radical (unpaired) electrons. The summed E-state index contributed by atoms with van der Waals surface area (Å²) < 4.78 is 7.02. The Balaban J connectivity index is 1.98. The van der Waals surface area contributed by atoms with E-state index < -0.39 is 5.97 Å². The topological polar surface area (TPSA) is 43.6 Å². The molecule has 3 rings (SSSR count). The number of esters is 1. The molecule has 0 saturated carbocycles. The van der Waals surface area contributed by atoms with Crippen LogP contribution in [0.15, 0.2) is 53.5 Å². The van der Waals surface area contributed by atoms with E-state index in [1.165, 1.54) is 18.4 Å². The zero-order valence-corrected chi connectivity index (χ0v) is 17.2. The Hall–Kier alpha value is -2.85. The average Bonchev–Trinajstić information content (AvgIpc) is 2.99. The molecule has 0 N–H and O–H groups in total. The summed E-state index contributed by atoms with van der Waals surface area (Å²) in [5.41, 5.74) is 6.73. The molecule has 1 heterocycles. The largest absolute Gasteiger partial charge is 0.465 e. The lowest BCUT2D eigenvalue weighted by Crippen LogP contribution is -2.03. The molecule has 0 spiro atoms. The second-order valence-electron chi connectivity index (χ2n) is 6.56. The van der Waals surface area contributed by atoms with Crippen LogP contribution in [0.5, 0.6) is 0 Å². The standard InChI is InChI=1S/C23H23ClN2O2/c1-5-17-8-6-7-9-22(17)26-15(2)12-18(16(26)3)14-25-19-10-11-21(24)20(13-19)23(27)28-4/h6-14H,5H2,1-4H3. The minimum atomic E-state index is -0.476. The normalized spacial score (nSPS) is 11.2. The first-order chi connectivity index (χ1) is 13.5. The van der Waals surface area contributed by atoms with E-state index in [1.54, 1.807) is 18.2 Å². The van der Waals surface area contributed by atoms with Crippen LogP contribution in [0.25, 0.3) is 5.69 Å². The summed E-state index contributed by atoms with van der Waals surface area (Å²) in [5.74, 6) is -0.476. The molecule has 0 bridgehead atoms. The summed E-state index contributed by atoms with van der Waals surface area (Å²) in [6.07, 6.45) is 2.79. The molecule has 0 fully saturated rings. The summed E-state index contributed by atoms with van der Waals surface area (Å²) in [4.78, 5) is 16.4. The first kappa shape index (κ1) is 19.9. The molecule has 0 aliphatic carbocycles. The zero-order chi connectivity index (χ0) is 20.3. The lowest BCUT2D eigenvalue weighted by Gasteiger charge is -2.13. The van der Waals surface area contributed by atoms with Crippen molar-refractivity contribution in [3.63, 3.8) is 0 Å². The third-order valence-corrected chi connectivity index (χ3v) is 5.12. The fourth-order valence-corrected chi connectivity index (χ4v) is 3.52. The summed E-state index contributed by atoms with van der Waals surface area (Å²) in [7, 11) is 1.33. The van der Waals surface area contributed by atoms with Crippen LogP contribution in [0.4, 0.5) is 5.69 Å². The number of hydrogen-bond donors (Lipinski definition) is 0. The van der Waals surface area contributed by atoms with Gasteiger partial charge >= 0.3 is 5.97 Å². The van der Waals surface area contributed by atoms with E-state index in [4.69, 9.17) is 16.3 Å². The van der Waals surface area contributed by atoms with E-state index in [9.17, 15) is 4.79 Å². The number of aryl methyl sites for hydroxylation is 2. The number of benzene rings is 2. The lowest BCUT2D eigenvalue weighted by molar-refractivity contribution is 0.0601. The van der Waals surface area contributed by atoms with Crippen LogP contribution in [0, 0.1) is 13.8 Å². The molecule has 4 nitrogen and oxygen atoms in total. The smallest absolute Gasteiger partial charge is 0.339 e. The van der Waals surface area contributed by atoms with E-state index >= 15 is 0 Å². The number of nitrogens with zero attached hydrogens (tertiary/aromatic N) is 2. The predicted molar refractivity (Wildman–Crippen MR) is 115 cm³/mol. The van der Waals surface area contributed by atoms with Crippen LogP contribution in [-0.2, 0) is 11.2 Å². The highest BCUT2D eigenvalue weighted by atomic mass is 35.5. The number of aromatic nitrogens is 1. The monoisotopic (exact) mass is 394 g/mol. The number of methoxy groups -OCH3 is 1. The third kappa shape index (κ3) is 3.87. The Morgan fingerprint density at radius 1 is 1.18 bits per heavy atom. The van der Waals surface area contributed by atoms with Crippen molar-refractivity contribution >= 4 is 29.5 Å². The first-order valence-corrected chi connectivity index (χ1v) is 9.53. The molecular formula is C23H23ClN2O2. The molecule has 5 heteroatoms. The van der Waals surface area contributed by atoms with Crippen molar-refractivity contribution in [2.24, 2.45) is 4.99 Å². The maximum Gasteiger partial charge on any atom is 0.339 e. The van der Waals surface area contributed by atoms with Crippen molar-refractivity contribution in [3.8, 4) is 5.69 Å². The van der Waals surface area contributed by atoms with Gasteiger partial charge in [-0.3, -0.25) is 4.99 Å². The van der Waals surface area contributed by atoms with Crippen LogP contribution in [-0.4, -0.2) is 23.9 Å². The summed E-state index contributed by atoms with van der Waals surface area (Å²) >= 11 is 6.08. The van der Waals surface area contributed by atoms with E-state index in [-0.39, 0.29) is 0 Å². The molecule has 0 aliphatic rings. The molecular weight excluding hydrogens is 372 g/mol. The Morgan fingerprint density at radius 2 is 1.93 bits per heavy atom. The number of ether oxygens (including phenoxy) is 1. The van der Waals surface area contributed by atoms with E-state index in [0.29, 0.717) is 16.3 Å². The maximum absolute atomic E-state index is 11.8. The van der Waals surface area contributed by atoms with Gasteiger partial charge in [0.2, 0.25) is 0 Å². The molecule has 144 valence electrons. The molecule has 0 atom stereocenters. The van der Waals surface area contributed by atoms with Crippen LogP contribution < -0.4 is 0 Å². The van der Waals surface area contributed by atoms with Gasteiger partial charge in [0.25, 0.3) is 0 Å². The third-order valence-electron chi connectivity index (χ3n) is 4.79. The van der Waals surface area contributed by atoms with Crippen molar-refractivity contribution in [1.29, 1.82) is 0 Å². The van der Waals surface area contributed by atoms with Gasteiger partial charge in [-0.1, -0.05) is 36.7 Å². The minimum Gasteiger partial charge on any atom is -0.465 e. The molecule has 2 aromatic carbocycles. The van der Waals surface area contributed by atoms with Crippen LogP contribution in [0.1, 0.15) is 39.8 Å². The Labute approximate surface area is 170 Å². The molecule has 28 heavy (non-hydrogen) atoms. The number of para-hydroxylation sites is 1. The number of carbonyl (C=O) groups excluding carboxylic acids is 1. The van der Waals surface area contributed by atoms with Crippen LogP contribution in [0.2, 0.25) is 5.02 Å². The van der Waals surface area contributed by atoms with E-state index in [0.717, 1.165) is 23.4 Å².